The molecule has 0 aromatic heterocycles. The Morgan fingerprint density at radius 1 is 1.10 bits per heavy atom. The summed E-state index contributed by atoms with van der Waals surface area (Å²) in [6, 6.07) is 4.35. The number of likely N-dealkylation sites (tertiary alicyclic amines) is 1. The van der Waals surface area contributed by atoms with E-state index in [4.69, 9.17) is 5.73 Å². The summed E-state index contributed by atoms with van der Waals surface area (Å²) in [5, 5.41) is 2.21. The predicted octanol–water partition coefficient (Wildman–Crippen LogP) is 0.647. The molecule has 2 fully saturated rings. The number of benzene rings is 1. The van der Waals surface area contributed by atoms with Gasteiger partial charge in [-0.15, -0.1) is 0 Å². The van der Waals surface area contributed by atoms with Gasteiger partial charge in [-0.3, -0.25) is 34.3 Å². The Kier molecular flexibility index (Phi) is 4.78. The van der Waals surface area contributed by atoms with Crippen LogP contribution in [0.3, 0.4) is 0 Å². The molecule has 2 unspecified atom stereocenters. The van der Waals surface area contributed by atoms with Gasteiger partial charge in [0, 0.05) is 18.5 Å². The highest BCUT2D eigenvalue weighted by Gasteiger charge is 2.45. The molecule has 3 heterocycles. The van der Waals surface area contributed by atoms with Gasteiger partial charge in [-0.05, 0) is 63.4 Å². The van der Waals surface area contributed by atoms with E-state index in [-0.39, 0.29) is 24.3 Å². The van der Waals surface area contributed by atoms with Gasteiger partial charge in [0.1, 0.15) is 6.04 Å². The Morgan fingerprint density at radius 2 is 1.83 bits per heavy atom. The first-order valence-corrected chi connectivity index (χ1v) is 10.0. The summed E-state index contributed by atoms with van der Waals surface area (Å²) in [6.45, 7) is 6.61. The third kappa shape index (κ3) is 3.16. The molecule has 0 radical (unpaired) electrons. The third-order valence-corrected chi connectivity index (χ3v) is 6.72. The molecule has 4 amide bonds. The van der Waals surface area contributed by atoms with Gasteiger partial charge in [-0.1, -0.05) is 6.07 Å². The molecule has 1 aromatic carbocycles. The van der Waals surface area contributed by atoms with E-state index >= 15 is 0 Å². The standard InChI is InChI=1S/C21H26N4O4/c1-21(2)13(10-22)7-8-24(21)11-12-3-4-14-15(9-12)20(29)25(19(14)28)16-5-6-17(26)23-18(16)27/h3-4,9,13,16H,5-8,10-11,22H2,1-2H3,(H,23,26,27). The number of nitrogens with one attached hydrogen (secondary N) is 1. The van der Waals surface area contributed by atoms with Gasteiger partial charge in [-0.25, -0.2) is 0 Å². The molecule has 0 saturated carbocycles. The van der Waals surface area contributed by atoms with E-state index in [0.29, 0.717) is 30.1 Å². The van der Waals surface area contributed by atoms with Crippen molar-refractivity contribution >= 4 is 23.6 Å². The lowest BCUT2D eigenvalue weighted by Crippen LogP contribution is -2.54. The van der Waals surface area contributed by atoms with E-state index in [0.717, 1.165) is 23.4 Å². The fourth-order valence-electron chi connectivity index (χ4n) is 4.74. The molecule has 29 heavy (non-hydrogen) atoms. The van der Waals surface area contributed by atoms with Crippen molar-refractivity contribution < 1.29 is 19.2 Å². The molecule has 154 valence electrons. The zero-order valence-electron chi connectivity index (χ0n) is 16.7. The van der Waals surface area contributed by atoms with Crippen LogP contribution in [0.15, 0.2) is 18.2 Å². The molecular weight excluding hydrogens is 372 g/mol. The fraction of sp³-hybridized carbons (Fsp3) is 0.524. The van der Waals surface area contributed by atoms with Crippen LogP contribution in [0.4, 0.5) is 0 Å². The predicted molar refractivity (Wildman–Crippen MR) is 105 cm³/mol. The van der Waals surface area contributed by atoms with Gasteiger partial charge in [0.2, 0.25) is 11.8 Å². The summed E-state index contributed by atoms with van der Waals surface area (Å²) in [5.74, 6) is -1.50. The first-order valence-electron chi connectivity index (χ1n) is 10.0. The van der Waals surface area contributed by atoms with E-state index in [9.17, 15) is 19.2 Å². The molecule has 0 spiro atoms. The van der Waals surface area contributed by atoms with Crippen molar-refractivity contribution in [3.8, 4) is 0 Å². The second-order valence-corrected chi connectivity index (χ2v) is 8.62. The number of carbonyl (C=O) groups excluding carboxylic acids is 4. The Bertz CT molecular complexity index is 910. The summed E-state index contributed by atoms with van der Waals surface area (Å²) >= 11 is 0. The maximum Gasteiger partial charge on any atom is 0.262 e. The van der Waals surface area contributed by atoms with Crippen molar-refractivity contribution in [2.75, 3.05) is 13.1 Å². The molecule has 2 saturated heterocycles. The molecule has 3 aliphatic heterocycles. The van der Waals surface area contributed by atoms with Crippen LogP contribution in [0.5, 0.6) is 0 Å². The van der Waals surface area contributed by atoms with E-state index in [1.54, 1.807) is 12.1 Å². The summed E-state index contributed by atoms with van der Waals surface area (Å²) < 4.78 is 0. The SMILES string of the molecule is CC1(C)C(CN)CCN1Cc1ccc2c(c1)C(=O)N(C1CCC(=O)NC1=O)C2=O. The van der Waals surface area contributed by atoms with Crippen molar-refractivity contribution in [1.82, 2.24) is 15.1 Å². The van der Waals surface area contributed by atoms with Crippen LogP contribution in [0.1, 0.15) is 59.4 Å². The molecule has 2 atom stereocenters. The molecule has 3 N–H and O–H groups in total. The number of amides is 4. The summed E-state index contributed by atoms with van der Waals surface area (Å²) in [4.78, 5) is 52.7. The highest BCUT2D eigenvalue weighted by atomic mass is 16.2. The molecule has 0 bridgehead atoms. The smallest absolute Gasteiger partial charge is 0.262 e. The summed E-state index contributed by atoms with van der Waals surface area (Å²) in [5.41, 5.74) is 7.45. The molecule has 8 nitrogen and oxygen atoms in total. The molecular formula is C21H26N4O4. The molecule has 1 aromatic rings. The molecule has 8 heteroatoms. The quantitative estimate of drug-likeness (QED) is 0.720. The van der Waals surface area contributed by atoms with Gasteiger partial charge in [0.25, 0.3) is 11.8 Å². The van der Waals surface area contributed by atoms with Gasteiger partial charge in [-0.2, -0.15) is 0 Å². The second kappa shape index (κ2) is 7.03. The number of hydrogen-bond donors (Lipinski definition) is 2. The Hall–Kier alpha value is -2.58. The van der Waals surface area contributed by atoms with Crippen LogP contribution in [0.25, 0.3) is 0 Å². The number of rotatable bonds is 4. The maximum absolute atomic E-state index is 13.0. The zero-order chi connectivity index (χ0) is 20.9. The average molecular weight is 398 g/mol. The third-order valence-electron chi connectivity index (χ3n) is 6.72. The monoisotopic (exact) mass is 398 g/mol. The lowest BCUT2D eigenvalue weighted by molar-refractivity contribution is -0.136. The Labute approximate surface area is 169 Å². The van der Waals surface area contributed by atoms with Crippen LogP contribution >= 0.6 is 0 Å². The van der Waals surface area contributed by atoms with E-state index in [1.807, 2.05) is 6.07 Å². The number of fused-ring (bicyclic) bond motifs is 1. The minimum atomic E-state index is -0.939. The number of nitrogens with zero attached hydrogens (tertiary/aromatic N) is 2. The van der Waals surface area contributed by atoms with Crippen molar-refractivity contribution in [2.24, 2.45) is 11.7 Å². The number of carbonyl (C=O) groups is 4. The lowest BCUT2D eigenvalue weighted by atomic mass is 9.88. The molecule has 0 aliphatic carbocycles. The first kappa shape index (κ1) is 19.7. The van der Waals surface area contributed by atoms with E-state index in [2.05, 4.69) is 24.1 Å². The minimum absolute atomic E-state index is 0.0354. The minimum Gasteiger partial charge on any atom is -0.330 e. The number of piperidine rings is 1. The average Bonchev–Trinajstić information content (AvgIpc) is 3.09. The van der Waals surface area contributed by atoms with Gasteiger partial charge >= 0.3 is 0 Å². The van der Waals surface area contributed by atoms with Crippen molar-refractivity contribution in [2.45, 2.75) is 51.2 Å². The van der Waals surface area contributed by atoms with Crippen molar-refractivity contribution in [3.05, 3.63) is 34.9 Å². The Morgan fingerprint density at radius 3 is 2.48 bits per heavy atom. The van der Waals surface area contributed by atoms with Crippen molar-refractivity contribution in [1.29, 1.82) is 0 Å². The van der Waals surface area contributed by atoms with Crippen LogP contribution in [0.2, 0.25) is 0 Å². The second-order valence-electron chi connectivity index (χ2n) is 8.62. The Balaban J connectivity index is 1.56. The zero-order valence-corrected chi connectivity index (χ0v) is 16.7. The van der Waals surface area contributed by atoms with E-state index < -0.39 is 23.8 Å². The van der Waals surface area contributed by atoms with Crippen LogP contribution in [-0.2, 0) is 16.1 Å². The van der Waals surface area contributed by atoms with Crippen LogP contribution in [0, 0.1) is 5.92 Å². The molecule has 3 aliphatic rings. The lowest BCUT2D eigenvalue weighted by Gasteiger charge is -2.35. The highest BCUT2D eigenvalue weighted by Crippen LogP contribution is 2.36. The van der Waals surface area contributed by atoms with Gasteiger partial charge < -0.3 is 5.73 Å². The first-order chi connectivity index (χ1) is 13.7. The number of nitrogens with two attached hydrogens (primary N) is 1. The van der Waals surface area contributed by atoms with E-state index in [1.165, 1.54) is 0 Å². The fourth-order valence-corrected chi connectivity index (χ4v) is 4.74. The largest absolute Gasteiger partial charge is 0.330 e. The van der Waals surface area contributed by atoms with Crippen LogP contribution in [-0.4, -0.2) is 58.1 Å². The maximum atomic E-state index is 13.0. The summed E-state index contributed by atoms with van der Waals surface area (Å²) in [7, 11) is 0. The van der Waals surface area contributed by atoms with Gasteiger partial charge in [0.05, 0.1) is 11.1 Å². The highest BCUT2D eigenvalue weighted by molar-refractivity contribution is 6.23. The van der Waals surface area contributed by atoms with Crippen molar-refractivity contribution in [3.63, 3.8) is 0 Å². The molecule has 4 rings (SSSR count). The topological polar surface area (TPSA) is 113 Å². The number of hydrogen-bond acceptors (Lipinski definition) is 6. The normalized spacial score (nSPS) is 26.8. The number of imide groups is 2. The van der Waals surface area contributed by atoms with Crippen LogP contribution < -0.4 is 11.1 Å². The van der Waals surface area contributed by atoms with Gasteiger partial charge in [0.15, 0.2) is 0 Å². The summed E-state index contributed by atoms with van der Waals surface area (Å²) in [6.07, 6.45) is 1.31.